The molecule has 1 aromatic rings. The zero-order valence-corrected chi connectivity index (χ0v) is 10.1. The fraction of sp³-hybridized carbons (Fsp3) is 0.222. The minimum atomic E-state index is -0.662. The number of carbonyl (C=O) groups is 1. The zero-order chi connectivity index (χ0) is 9.84. The molecule has 0 aliphatic rings. The SMILES string of the molecule is [2H]N(O)C(=O)Cc1[c-]cccc1C.[W]. The van der Waals surface area contributed by atoms with Crippen molar-refractivity contribution in [2.24, 2.45) is 0 Å². The quantitative estimate of drug-likeness (QED) is 0.472. The maximum absolute atomic E-state index is 10.9. The maximum Gasteiger partial charge on any atom is 0.245 e. The van der Waals surface area contributed by atoms with Crippen molar-refractivity contribution in [1.29, 1.82) is 0 Å². The number of hydrogen-bond donors (Lipinski definition) is 2. The molecule has 0 aromatic heterocycles. The standard InChI is InChI=1S/C9H10NO2.W/c1-7-4-2-3-5-8(7)6-9(11)10-12;/h2-4,12H,6H2,1H3,(H,10,11);/q-1;/i/hD. The van der Waals surface area contributed by atoms with Gasteiger partial charge in [-0.3, -0.25) is 10.0 Å². The number of nitrogens with one attached hydrogen (secondary N) is 1. The molecule has 1 aromatic carbocycles. The van der Waals surface area contributed by atoms with Crippen LogP contribution >= 0.6 is 0 Å². The summed E-state index contributed by atoms with van der Waals surface area (Å²) >= 11 is 0. The first-order valence-corrected chi connectivity index (χ1v) is 3.58. The number of hydroxylamine groups is 1. The number of rotatable bonds is 2. The van der Waals surface area contributed by atoms with Gasteiger partial charge in [0.05, 0.1) is 0 Å². The molecule has 13 heavy (non-hydrogen) atoms. The van der Waals surface area contributed by atoms with Crippen molar-refractivity contribution in [3.05, 3.63) is 35.4 Å². The largest absolute Gasteiger partial charge is 0.289 e. The summed E-state index contributed by atoms with van der Waals surface area (Å²) in [5.41, 5.74) is 1.48. The van der Waals surface area contributed by atoms with Crippen LogP contribution in [0.15, 0.2) is 18.2 Å². The molecule has 0 unspecified atom stereocenters. The predicted octanol–water partition coefficient (Wildman–Crippen LogP) is 0.841. The van der Waals surface area contributed by atoms with Gasteiger partial charge in [-0.05, 0) is 0 Å². The summed E-state index contributed by atoms with van der Waals surface area (Å²) < 4.78 is 6.63. The minimum absolute atomic E-state index is 0. The van der Waals surface area contributed by atoms with Crippen LogP contribution < -0.4 is 5.47 Å². The topological polar surface area (TPSA) is 49.3 Å². The molecule has 0 saturated carbocycles. The molecule has 2 N–H and O–H groups in total. The summed E-state index contributed by atoms with van der Waals surface area (Å²) in [6.45, 7) is 1.85. The van der Waals surface area contributed by atoms with E-state index in [1.54, 1.807) is 6.07 Å². The van der Waals surface area contributed by atoms with Gasteiger partial charge in [-0.25, -0.2) is 5.47 Å². The van der Waals surface area contributed by atoms with Crippen LogP contribution in [0.1, 0.15) is 11.1 Å². The molecule has 0 aliphatic heterocycles. The Bertz CT molecular complexity index is 317. The first-order valence-electron chi connectivity index (χ1n) is 4.03. The second-order valence-corrected chi connectivity index (χ2v) is 2.50. The summed E-state index contributed by atoms with van der Waals surface area (Å²) in [4.78, 5) is 10.9. The van der Waals surface area contributed by atoms with Gasteiger partial charge in [-0.15, -0.1) is 5.56 Å². The van der Waals surface area contributed by atoms with Gasteiger partial charge in [0, 0.05) is 27.5 Å². The summed E-state index contributed by atoms with van der Waals surface area (Å²) in [5.74, 6) is -0.662. The van der Waals surface area contributed by atoms with Crippen molar-refractivity contribution in [2.75, 3.05) is 0 Å². The van der Waals surface area contributed by atoms with Crippen LogP contribution in [0.2, 0.25) is 1.41 Å². The molecule has 0 radical (unpaired) electrons. The first kappa shape index (κ1) is 10.4. The van der Waals surface area contributed by atoms with Crippen molar-refractivity contribution in [3.63, 3.8) is 0 Å². The third-order valence-electron chi connectivity index (χ3n) is 1.62. The third-order valence-corrected chi connectivity index (χ3v) is 1.62. The number of aryl methyl sites for hydroxylation is 1. The number of carbonyl (C=O) groups excluding carboxylic acids is 1. The van der Waals surface area contributed by atoms with Crippen molar-refractivity contribution in [2.45, 2.75) is 13.3 Å². The Kier molecular flexibility index (Phi) is 4.72. The van der Waals surface area contributed by atoms with Crippen LogP contribution in [0.3, 0.4) is 0 Å². The van der Waals surface area contributed by atoms with E-state index in [-0.39, 0.29) is 33.0 Å². The molecule has 3 nitrogen and oxygen atoms in total. The van der Waals surface area contributed by atoms with E-state index in [2.05, 4.69) is 6.07 Å². The summed E-state index contributed by atoms with van der Waals surface area (Å²) in [6, 6.07) is 8.25. The Morgan fingerprint density at radius 2 is 2.54 bits per heavy atom. The Hall–Kier alpha value is -0.662. The molecular formula is C9H10NO2W-. The van der Waals surface area contributed by atoms with Crippen LogP contribution in [-0.2, 0) is 32.3 Å². The molecule has 0 spiro atoms. The summed E-state index contributed by atoms with van der Waals surface area (Å²) in [6.07, 6.45) is 0.00662. The summed E-state index contributed by atoms with van der Waals surface area (Å²) in [7, 11) is 0. The van der Waals surface area contributed by atoms with Gasteiger partial charge in [0.2, 0.25) is 5.91 Å². The van der Waals surface area contributed by atoms with Crippen molar-refractivity contribution < 1.29 is 32.5 Å². The molecule has 1 amide bonds. The molecule has 0 atom stereocenters. The average Bonchev–Trinajstić information content (AvgIpc) is 2.08. The van der Waals surface area contributed by atoms with E-state index in [4.69, 9.17) is 6.62 Å². The molecular weight excluding hydrogens is 338 g/mol. The molecule has 70 valence electrons. The zero-order valence-electron chi connectivity index (χ0n) is 8.15. The fourth-order valence-corrected chi connectivity index (χ4v) is 0.933. The van der Waals surface area contributed by atoms with E-state index in [1.165, 1.54) is 0 Å². The second kappa shape index (κ2) is 5.89. The molecule has 0 saturated heterocycles. The summed E-state index contributed by atoms with van der Waals surface area (Å²) in [5, 5.41) is 8.51. The monoisotopic (exact) mass is 349 g/mol. The van der Waals surface area contributed by atoms with E-state index in [0.717, 1.165) is 5.56 Å². The smallest absolute Gasteiger partial charge is 0.245 e. The third kappa shape index (κ3) is 3.70. The van der Waals surface area contributed by atoms with Crippen molar-refractivity contribution in [3.8, 4) is 0 Å². The maximum atomic E-state index is 10.9. The van der Waals surface area contributed by atoms with Crippen LogP contribution in [0, 0.1) is 13.0 Å². The van der Waals surface area contributed by atoms with Crippen LogP contribution in [-0.4, -0.2) is 11.1 Å². The average molecular weight is 349 g/mol. The number of benzene rings is 1. The van der Waals surface area contributed by atoms with Crippen molar-refractivity contribution in [1.82, 2.24) is 5.47 Å². The molecule has 4 heteroatoms. The number of amides is 1. The molecule has 0 bridgehead atoms. The first-order chi connectivity index (χ1) is 6.11. The molecule has 0 fully saturated rings. The fourth-order valence-electron chi connectivity index (χ4n) is 0.933. The van der Waals surface area contributed by atoms with E-state index >= 15 is 0 Å². The van der Waals surface area contributed by atoms with Crippen LogP contribution in [0.5, 0.6) is 0 Å². The van der Waals surface area contributed by atoms with Crippen LogP contribution in [0.4, 0.5) is 0 Å². The van der Waals surface area contributed by atoms with Gasteiger partial charge in [-0.1, -0.05) is 6.92 Å². The van der Waals surface area contributed by atoms with Gasteiger partial charge in [0.15, 0.2) is 1.41 Å². The van der Waals surface area contributed by atoms with E-state index in [9.17, 15) is 4.79 Å². The van der Waals surface area contributed by atoms with Gasteiger partial charge in [0.1, 0.15) is 0 Å². The van der Waals surface area contributed by atoms with Gasteiger partial charge < -0.3 is 0 Å². The Labute approximate surface area is 92.8 Å². The molecule has 0 heterocycles. The Balaban J connectivity index is 0.00000169. The van der Waals surface area contributed by atoms with Crippen LogP contribution in [0.25, 0.3) is 0 Å². The molecule has 1 rings (SSSR count). The normalized spacial score (nSPS) is 9.85. The predicted molar refractivity (Wildman–Crippen MR) is 43.6 cm³/mol. The van der Waals surface area contributed by atoms with Crippen molar-refractivity contribution >= 4 is 5.91 Å². The molecule has 0 aliphatic carbocycles. The Morgan fingerprint density at radius 3 is 3.08 bits per heavy atom. The Morgan fingerprint density at radius 1 is 1.85 bits per heavy atom. The number of hydrogen-bond acceptors (Lipinski definition) is 2. The minimum Gasteiger partial charge on any atom is -0.289 e. The van der Waals surface area contributed by atoms with Gasteiger partial charge >= 0.3 is 0 Å². The van der Waals surface area contributed by atoms with E-state index in [1.807, 2.05) is 19.1 Å². The van der Waals surface area contributed by atoms with Gasteiger partial charge in [0.25, 0.3) is 0 Å². The van der Waals surface area contributed by atoms with E-state index < -0.39 is 5.91 Å². The van der Waals surface area contributed by atoms with Gasteiger partial charge in [-0.2, -0.15) is 29.8 Å². The van der Waals surface area contributed by atoms with E-state index in [0.29, 0.717) is 5.56 Å². The second-order valence-electron chi connectivity index (χ2n) is 2.50.